The second-order valence-electron chi connectivity index (χ2n) is 28.2. The van der Waals surface area contributed by atoms with Crippen LogP contribution < -0.4 is 0 Å². The molecule has 1 N–H and O–H groups in total. The Morgan fingerprint density at radius 3 is 0.437 bits per heavy atom. The summed E-state index contributed by atoms with van der Waals surface area (Å²) in [6.45, 7) is 7.50. The smallest absolute Gasteiger partial charge is 0.159 e. The van der Waals surface area contributed by atoms with Crippen LogP contribution in [-0.2, 0) is 14.2 Å². The van der Waals surface area contributed by atoms with Crippen LogP contribution >= 0.6 is 36.7 Å². The van der Waals surface area contributed by atoms with Gasteiger partial charge in [-0.25, -0.2) is 0 Å². The summed E-state index contributed by atoms with van der Waals surface area (Å²) in [7, 11) is 0. The third-order valence-corrected chi connectivity index (χ3v) is 20.1. The summed E-state index contributed by atoms with van der Waals surface area (Å²) in [6, 6.07) is 0. The minimum Gasteiger partial charge on any atom is -0.486 e. The van der Waals surface area contributed by atoms with Crippen LogP contribution in [0.1, 0.15) is 464 Å². The molecule has 0 radical (unpaired) electrons. The number of unbranched alkanes of at least 4 members (excludes halogenated alkanes) is 63. The molecule has 0 aliphatic heterocycles. The van der Waals surface area contributed by atoms with Gasteiger partial charge in [0, 0.05) is 19.3 Å². The van der Waals surface area contributed by atoms with Gasteiger partial charge in [0.25, 0.3) is 0 Å². The van der Waals surface area contributed by atoms with Gasteiger partial charge in [-0.2, -0.15) is 0 Å². The maximum absolute atomic E-state index is 10.9. The third-order valence-electron chi connectivity index (χ3n) is 19.2. The number of rotatable bonds is 76. The zero-order chi connectivity index (χ0) is 63.0. The Kier molecular flexibility index (Phi) is 74.3. The molecule has 0 aliphatic carbocycles. The second-order valence-corrected chi connectivity index (χ2v) is 29.5. The molecule has 0 fully saturated rings. The number of aliphatic hydroxyl groups is 1. The molecule has 0 unspecified atom stereocenters. The van der Waals surface area contributed by atoms with Gasteiger partial charge >= 0.3 is 0 Å². The van der Waals surface area contributed by atoms with Gasteiger partial charge in [-0.3, -0.25) is 0 Å². The highest BCUT2D eigenvalue weighted by Crippen LogP contribution is 2.24. The fourth-order valence-corrected chi connectivity index (χ4v) is 13.4. The van der Waals surface area contributed by atoms with Gasteiger partial charge in [-0.15, -0.1) is 0 Å². The average Bonchev–Trinajstić information content (AvgIpc) is 3.70. The van der Waals surface area contributed by atoms with Crippen LogP contribution in [0.2, 0.25) is 0 Å². The highest BCUT2D eigenvalue weighted by atomic mass is 32.1. The lowest BCUT2D eigenvalue weighted by Crippen LogP contribution is -2.42. The lowest BCUT2D eigenvalue weighted by molar-refractivity contribution is -0.0205. The molecule has 0 aromatic carbocycles. The molecule has 0 aromatic rings. The molecular weight excluding hydrogens is 1120 g/mol. The summed E-state index contributed by atoms with van der Waals surface area (Å²) < 4.78 is 18.8. The monoisotopic (exact) mass is 1280 g/mol. The van der Waals surface area contributed by atoms with Crippen molar-refractivity contribution in [1.82, 2.24) is 0 Å². The minimum atomic E-state index is -0.787. The normalized spacial score (nSPS) is 11.7. The van der Waals surface area contributed by atoms with E-state index in [-0.39, 0.29) is 26.4 Å². The Bertz CT molecular complexity index is 1200. The van der Waals surface area contributed by atoms with E-state index >= 15 is 0 Å². The van der Waals surface area contributed by atoms with Gasteiger partial charge < -0.3 is 19.3 Å². The predicted molar refractivity (Wildman–Crippen MR) is 401 cm³/mol. The van der Waals surface area contributed by atoms with Crippen molar-refractivity contribution in [3.63, 3.8) is 0 Å². The van der Waals surface area contributed by atoms with E-state index in [0.29, 0.717) is 15.2 Å². The largest absolute Gasteiger partial charge is 0.486 e. The highest BCUT2D eigenvalue weighted by molar-refractivity contribution is 7.80. The summed E-state index contributed by atoms with van der Waals surface area (Å²) in [5, 5.41) is 12.8. The van der Waals surface area contributed by atoms with Crippen LogP contribution in [0.15, 0.2) is 0 Å². The van der Waals surface area contributed by atoms with E-state index in [4.69, 9.17) is 50.9 Å². The molecule has 7 heteroatoms. The number of hydrogen-bond acceptors (Lipinski definition) is 7. The molecule has 0 amide bonds. The van der Waals surface area contributed by atoms with E-state index in [2.05, 4.69) is 20.8 Å². The van der Waals surface area contributed by atoms with E-state index in [9.17, 15) is 5.11 Å². The molecule has 0 atom stereocenters. The Morgan fingerprint density at radius 2 is 0.322 bits per heavy atom. The highest BCUT2D eigenvalue weighted by Gasteiger charge is 2.34. The first-order valence-corrected chi connectivity index (χ1v) is 41.2. The van der Waals surface area contributed by atoms with Crippen molar-refractivity contribution in [2.24, 2.45) is 5.41 Å². The Morgan fingerprint density at radius 1 is 0.207 bits per heavy atom. The van der Waals surface area contributed by atoms with E-state index in [1.54, 1.807) is 0 Å². The number of thiocarbonyl (C=S) groups is 3. The molecule has 4 nitrogen and oxygen atoms in total. The van der Waals surface area contributed by atoms with Crippen molar-refractivity contribution >= 4 is 51.8 Å². The van der Waals surface area contributed by atoms with Crippen LogP contribution in [0.4, 0.5) is 0 Å². The standard InChI is InChI=1S/C80H156O4S3/c1-4-7-10-13-16-19-22-25-28-31-34-37-40-43-46-49-52-55-58-61-64-67-70-77(85)82-74-80(73-81,75-83-78(86)71-68-65-62-59-56-53-50-47-44-41-38-35-32-29-26-23-20-17-14-11-8-5-2)76-84-79(87)72-69-66-63-60-57-54-51-48-45-42-39-36-33-30-27-24-21-18-15-12-9-6-3/h81H,4-76H2,1-3H3. The summed E-state index contributed by atoms with van der Waals surface area (Å²) in [6.07, 6.45) is 93.7. The van der Waals surface area contributed by atoms with Crippen LogP contribution in [0.25, 0.3) is 0 Å². The maximum atomic E-state index is 10.9. The lowest BCUT2D eigenvalue weighted by atomic mass is 9.92. The third kappa shape index (κ3) is 69.8. The number of aliphatic hydroxyl groups excluding tert-OH is 1. The summed E-state index contributed by atoms with van der Waals surface area (Å²) in [5.41, 5.74) is -0.787. The summed E-state index contributed by atoms with van der Waals surface area (Å²) in [5.74, 6) is 0. The first-order chi connectivity index (χ1) is 42.9. The molecule has 0 spiro atoms. The van der Waals surface area contributed by atoms with E-state index in [0.717, 1.165) is 38.5 Å². The van der Waals surface area contributed by atoms with E-state index in [1.165, 1.54) is 405 Å². The van der Waals surface area contributed by atoms with E-state index < -0.39 is 5.41 Å². The summed E-state index contributed by atoms with van der Waals surface area (Å²) >= 11 is 17.3. The molecule has 0 rings (SSSR count). The Hall–Kier alpha value is -0.370. The average molecular weight is 1280 g/mol. The molecule has 0 aromatic heterocycles. The van der Waals surface area contributed by atoms with Crippen molar-refractivity contribution in [1.29, 1.82) is 0 Å². The Balaban J connectivity index is 4.43. The first-order valence-electron chi connectivity index (χ1n) is 40.0. The molecule has 0 saturated carbocycles. The van der Waals surface area contributed by atoms with Gasteiger partial charge in [0.15, 0.2) is 15.2 Å². The van der Waals surface area contributed by atoms with Crippen molar-refractivity contribution in [3.8, 4) is 0 Å². The van der Waals surface area contributed by atoms with Crippen LogP contribution in [-0.4, -0.2) is 46.7 Å². The van der Waals surface area contributed by atoms with Gasteiger partial charge in [0.2, 0.25) is 0 Å². The Labute approximate surface area is 563 Å². The van der Waals surface area contributed by atoms with Gasteiger partial charge in [0.05, 0.1) is 12.0 Å². The van der Waals surface area contributed by atoms with Gasteiger partial charge in [-0.05, 0) is 55.9 Å². The molecular formula is C80H156O4S3. The first kappa shape index (κ1) is 86.6. The van der Waals surface area contributed by atoms with Gasteiger partial charge in [-0.1, -0.05) is 425 Å². The minimum absolute atomic E-state index is 0.140. The van der Waals surface area contributed by atoms with Crippen molar-refractivity contribution in [2.75, 3.05) is 26.4 Å². The number of ether oxygens (including phenoxy) is 3. The quantitative estimate of drug-likeness (QED) is 0.0481. The molecule has 0 heterocycles. The lowest BCUT2D eigenvalue weighted by Gasteiger charge is -2.31. The van der Waals surface area contributed by atoms with Crippen molar-refractivity contribution in [3.05, 3.63) is 0 Å². The van der Waals surface area contributed by atoms with Crippen LogP contribution in [0.3, 0.4) is 0 Å². The van der Waals surface area contributed by atoms with Crippen LogP contribution in [0.5, 0.6) is 0 Å². The molecule has 0 bridgehead atoms. The topological polar surface area (TPSA) is 47.9 Å². The molecule has 0 aliphatic rings. The zero-order valence-electron chi connectivity index (χ0n) is 59.5. The maximum Gasteiger partial charge on any atom is 0.159 e. The van der Waals surface area contributed by atoms with Crippen molar-refractivity contribution in [2.45, 2.75) is 464 Å². The molecule has 87 heavy (non-hydrogen) atoms. The molecule has 0 saturated heterocycles. The van der Waals surface area contributed by atoms with Crippen LogP contribution in [0, 0.1) is 5.41 Å². The summed E-state index contributed by atoms with van der Waals surface area (Å²) in [4.78, 5) is 0. The van der Waals surface area contributed by atoms with Gasteiger partial charge in [0.1, 0.15) is 19.8 Å². The number of hydrogen-bond donors (Lipinski definition) is 1. The van der Waals surface area contributed by atoms with Crippen molar-refractivity contribution < 1.29 is 19.3 Å². The van der Waals surface area contributed by atoms with E-state index in [1.807, 2.05) is 0 Å². The molecule has 518 valence electrons. The second kappa shape index (κ2) is 74.7. The zero-order valence-corrected chi connectivity index (χ0v) is 62.0. The SMILES string of the molecule is CCCCCCCCCCCCCCCCCCCCCCCCC(=S)OCC(CO)(COC(=S)CCCCCCCCCCCCCCCCCCCCCCCC)COC(=S)CCCCCCCCCCCCCCCCCCCCCCCC. The fraction of sp³-hybridized carbons (Fsp3) is 0.963. The fourth-order valence-electron chi connectivity index (χ4n) is 12.8. The predicted octanol–water partition coefficient (Wildman–Crippen LogP) is 29.0.